The molecule has 29 heavy (non-hydrogen) atoms. The number of ether oxygens (including phenoxy) is 2. The zero-order valence-electron chi connectivity index (χ0n) is 16.3. The van der Waals surface area contributed by atoms with Crippen LogP contribution in [0.4, 0.5) is 5.69 Å². The van der Waals surface area contributed by atoms with Crippen molar-refractivity contribution >= 4 is 35.2 Å². The second-order valence-electron chi connectivity index (χ2n) is 6.03. The molecule has 0 saturated heterocycles. The number of hydrogen-bond acceptors (Lipinski definition) is 6. The highest BCUT2D eigenvalue weighted by Crippen LogP contribution is 2.22. The second-order valence-corrected chi connectivity index (χ2v) is 7.02. The molecule has 0 aliphatic carbocycles. The molecule has 2 N–H and O–H groups in total. The number of nitrogens with one attached hydrogen (secondary N) is 2. The van der Waals surface area contributed by atoms with Gasteiger partial charge in [-0.25, -0.2) is 4.79 Å². The van der Waals surface area contributed by atoms with E-state index in [2.05, 4.69) is 10.6 Å². The maximum absolute atomic E-state index is 12.4. The van der Waals surface area contributed by atoms with Gasteiger partial charge in [-0.2, -0.15) is 11.8 Å². The number of anilines is 1. The molecule has 2 amide bonds. The topological polar surface area (TPSA) is 93.7 Å². The van der Waals surface area contributed by atoms with Gasteiger partial charge in [0.2, 0.25) is 0 Å². The molecule has 8 heteroatoms. The summed E-state index contributed by atoms with van der Waals surface area (Å²) in [7, 11) is 1.50. The summed E-state index contributed by atoms with van der Waals surface area (Å²) in [5, 5.41) is 5.31. The quantitative estimate of drug-likeness (QED) is 0.579. The zero-order valence-corrected chi connectivity index (χ0v) is 17.2. The van der Waals surface area contributed by atoms with Gasteiger partial charge in [0.25, 0.3) is 11.8 Å². The lowest BCUT2D eigenvalue weighted by Gasteiger charge is -2.17. The van der Waals surface area contributed by atoms with Crippen molar-refractivity contribution in [2.75, 3.05) is 31.0 Å². The Kier molecular flexibility index (Phi) is 9.04. The third kappa shape index (κ3) is 7.15. The molecule has 0 aromatic heterocycles. The summed E-state index contributed by atoms with van der Waals surface area (Å²) < 4.78 is 10.3. The Morgan fingerprint density at radius 2 is 1.72 bits per heavy atom. The average molecular weight is 416 g/mol. The van der Waals surface area contributed by atoms with Crippen molar-refractivity contribution < 1.29 is 23.9 Å². The van der Waals surface area contributed by atoms with Crippen LogP contribution >= 0.6 is 11.8 Å². The number of carbonyl (C=O) groups is 3. The Morgan fingerprint density at radius 3 is 2.41 bits per heavy atom. The number of thioether (sulfide) groups is 1. The summed E-state index contributed by atoms with van der Waals surface area (Å²) in [6.07, 6.45) is 2.30. The molecular formula is C21H24N2O5S. The molecule has 0 heterocycles. The van der Waals surface area contributed by atoms with Crippen molar-refractivity contribution in [2.24, 2.45) is 0 Å². The maximum atomic E-state index is 12.4. The highest BCUT2D eigenvalue weighted by atomic mass is 32.2. The monoisotopic (exact) mass is 416 g/mol. The van der Waals surface area contributed by atoms with Crippen LogP contribution in [0.3, 0.4) is 0 Å². The van der Waals surface area contributed by atoms with Gasteiger partial charge in [0.05, 0.1) is 12.8 Å². The summed E-state index contributed by atoms with van der Waals surface area (Å²) in [6, 6.07) is 14.7. The smallest absolute Gasteiger partial charge is 0.329 e. The summed E-state index contributed by atoms with van der Waals surface area (Å²) in [5.74, 6) is -0.367. The van der Waals surface area contributed by atoms with E-state index in [0.29, 0.717) is 29.2 Å². The van der Waals surface area contributed by atoms with E-state index in [9.17, 15) is 14.4 Å². The molecule has 0 radical (unpaired) electrons. The number of esters is 1. The highest BCUT2D eigenvalue weighted by Gasteiger charge is 2.23. The Hall–Kier alpha value is -3.00. The molecule has 154 valence electrons. The fraction of sp³-hybridized carbons (Fsp3) is 0.286. The minimum atomic E-state index is -0.839. The SMILES string of the molecule is COc1ccccc1NC(=O)COC(=O)[C@@H](CCSC)NC(=O)c1ccccc1. The molecule has 0 aliphatic heterocycles. The van der Waals surface area contributed by atoms with Crippen LogP contribution in [-0.4, -0.2) is 49.6 Å². The summed E-state index contributed by atoms with van der Waals surface area (Å²) in [4.78, 5) is 36.9. The van der Waals surface area contributed by atoms with E-state index in [0.717, 1.165) is 0 Å². The van der Waals surface area contributed by atoms with Crippen LogP contribution in [0.1, 0.15) is 16.8 Å². The third-order valence-corrected chi connectivity index (χ3v) is 4.61. The molecule has 0 aliphatic rings. The summed E-state index contributed by atoms with van der Waals surface area (Å²) >= 11 is 1.55. The van der Waals surface area contributed by atoms with Crippen molar-refractivity contribution in [1.82, 2.24) is 5.32 Å². The van der Waals surface area contributed by atoms with E-state index in [1.54, 1.807) is 66.4 Å². The molecule has 0 saturated carbocycles. The first-order valence-electron chi connectivity index (χ1n) is 8.99. The first kappa shape index (κ1) is 22.3. The van der Waals surface area contributed by atoms with E-state index >= 15 is 0 Å². The van der Waals surface area contributed by atoms with Gasteiger partial charge in [0, 0.05) is 5.56 Å². The van der Waals surface area contributed by atoms with Crippen molar-refractivity contribution in [1.29, 1.82) is 0 Å². The summed E-state index contributed by atoms with van der Waals surface area (Å²) in [5.41, 5.74) is 0.927. The number of carbonyl (C=O) groups excluding carboxylic acids is 3. The number of benzene rings is 2. The van der Waals surface area contributed by atoms with E-state index in [1.807, 2.05) is 6.26 Å². The van der Waals surface area contributed by atoms with E-state index in [1.165, 1.54) is 7.11 Å². The predicted octanol–water partition coefficient (Wildman–Crippen LogP) is 2.73. The average Bonchev–Trinajstić information content (AvgIpc) is 2.75. The van der Waals surface area contributed by atoms with Crippen LogP contribution in [0, 0.1) is 0 Å². The highest BCUT2D eigenvalue weighted by molar-refractivity contribution is 7.98. The van der Waals surface area contributed by atoms with Crippen LogP contribution in [-0.2, 0) is 14.3 Å². The molecule has 1 atom stereocenters. The lowest BCUT2D eigenvalue weighted by Crippen LogP contribution is -2.43. The first-order chi connectivity index (χ1) is 14.0. The van der Waals surface area contributed by atoms with Crippen molar-refractivity contribution in [3.05, 3.63) is 60.2 Å². The third-order valence-electron chi connectivity index (χ3n) is 3.96. The molecule has 0 spiro atoms. The molecule has 0 fully saturated rings. The van der Waals surface area contributed by atoms with Gasteiger partial charge < -0.3 is 20.1 Å². The van der Waals surface area contributed by atoms with Gasteiger partial charge in [-0.3, -0.25) is 9.59 Å². The van der Waals surface area contributed by atoms with Crippen LogP contribution in [0.2, 0.25) is 0 Å². The Labute approximate surface area is 174 Å². The van der Waals surface area contributed by atoms with Crippen LogP contribution in [0.25, 0.3) is 0 Å². The Morgan fingerprint density at radius 1 is 1.03 bits per heavy atom. The molecule has 2 aromatic carbocycles. The first-order valence-corrected chi connectivity index (χ1v) is 10.4. The minimum Gasteiger partial charge on any atom is -0.495 e. The Bertz CT molecular complexity index is 829. The standard InChI is InChI=1S/C21H24N2O5S/c1-27-18-11-7-6-10-16(18)22-19(24)14-28-21(26)17(12-13-29-2)23-20(25)15-8-4-3-5-9-15/h3-11,17H,12-14H2,1-2H3,(H,22,24)(H,23,25)/t17-/m1/s1. The fourth-order valence-electron chi connectivity index (χ4n) is 2.49. The molecule has 7 nitrogen and oxygen atoms in total. The Balaban J connectivity index is 1.93. The maximum Gasteiger partial charge on any atom is 0.329 e. The number of hydrogen-bond donors (Lipinski definition) is 2. The molecule has 2 aromatic rings. The van der Waals surface area contributed by atoms with Gasteiger partial charge in [0.15, 0.2) is 6.61 Å². The lowest BCUT2D eigenvalue weighted by atomic mass is 10.1. The largest absolute Gasteiger partial charge is 0.495 e. The van der Waals surface area contributed by atoms with Crippen molar-refractivity contribution in [2.45, 2.75) is 12.5 Å². The minimum absolute atomic E-state index is 0.368. The van der Waals surface area contributed by atoms with Gasteiger partial charge in [-0.15, -0.1) is 0 Å². The van der Waals surface area contributed by atoms with Gasteiger partial charge in [0.1, 0.15) is 11.8 Å². The lowest BCUT2D eigenvalue weighted by molar-refractivity contribution is -0.149. The van der Waals surface area contributed by atoms with Crippen LogP contribution < -0.4 is 15.4 Å². The van der Waals surface area contributed by atoms with Crippen molar-refractivity contribution in [3.8, 4) is 5.75 Å². The van der Waals surface area contributed by atoms with E-state index < -0.39 is 24.5 Å². The normalized spacial score (nSPS) is 11.2. The summed E-state index contributed by atoms with van der Waals surface area (Å²) in [6.45, 7) is -0.464. The number of amides is 2. The van der Waals surface area contributed by atoms with Crippen LogP contribution in [0.15, 0.2) is 54.6 Å². The molecule has 0 bridgehead atoms. The number of methoxy groups -OCH3 is 1. The number of rotatable bonds is 10. The van der Waals surface area contributed by atoms with Crippen molar-refractivity contribution in [3.63, 3.8) is 0 Å². The number of para-hydroxylation sites is 2. The van der Waals surface area contributed by atoms with Gasteiger partial charge >= 0.3 is 5.97 Å². The zero-order chi connectivity index (χ0) is 21.1. The molecule has 2 rings (SSSR count). The molecule has 0 unspecified atom stereocenters. The van der Waals surface area contributed by atoms with Gasteiger partial charge in [-0.05, 0) is 42.7 Å². The van der Waals surface area contributed by atoms with Crippen LogP contribution in [0.5, 0.6) is 5.75 Å². The second kappa shape index (κ2) is 11.8. The van der Waals surface area contributed by atoms with Gasteiger partial charge in [-0.1, -0.05) is 30.3 Å². The van der Waals surface area contributed by atoms with E-state index in [-0.39, 0.29) is 5.91 Å². The van der Waals surface area contributed by atoms with E-state index in [4.69, 9.17) is 9.47 Å². The molecular weight excluding hydrogens is 392 g/mol. The predicted molar refractivity (Wildman–Crippen MR) is 113 cm³/mol. The fourth-order valence-corrected chi connectivity index (χ4v) is 2.96.